The number of nitrogens with zero attached hydrogens (tertiary/aromatic N) is 4. The number of furan rings is 1. The Morgan fingerprint density at radius 1 is 0.881 bits per heavy atom. The fraction of sp³-hybridized carbons (Fsp3) is 0.0882. The van der Waals surface area contributed by atoms with E-state index in [2.05, 4.69) is 29.7 Å². The quantitative estimate of drug-likeness (QED) is 0.221. The molecule has 0 fully saturated rings. The molecule has 1 aliphatic heterocycles. The van der Waals surface area contributed by atoms with Gasteiger partial charge in [0.05, 0.1) is 17.1 Å². The predicted molar refractivity (Wildman–Crippen MR) is 163 cm³/mol. The van der Waals surface area contributed by atoms with Gasteiger partial charge in [0.15, 0.2) is 17.3 Å². The van der Waals surface area contributed by atoms with Crippen LogP contribution in [0.5, 0.6) is 11.5 Å². The van der Waals surface area contributed by atoms with Crippen LogP contribution in [0.3, 0.4) is 0 Å². The molecule has 0 bridgehead atoms. The largest absolute Gasteiger partial charge is 0.454 e. The van der Waals surface area contributed by atoms with Crippen LogP contribution in [0.2, 0.25) is 0 Å². The van der Waals surface area contributed by atoms with Crippen LogP contribution in [0.15, 0.2) is 111 Å². The first-order chi connectivity index (χ1) is 20.6. The van der Waals surface area contributed by atoms with Gasteiger partial charge in [-0.1, -0.05) is 54.6 Å². The molecular weight excluding hydrogens is 528 g/mol. The molecule has 4 aromatic carbocycles. The van der Waals surface area contributed by atoms with E-state index in [1.54, 1.807) is 12.3 Å². The van der Waals surface area contributed by atoms with Gasteiger partial charge in [-0.3, -0.25) is 4.79 Å². The Hall–Kier alpha value is -5.63. The summed E-state index contributed by atoms with van der Waals surface area (Å²) in [5.74, 6) is 2.33. The summed E-state index contributed by atoms with van der Waals surface area (Å²) in [6.45, 7) is 2.94. The lowest BCUT2D eigenvalue weighted by atomic mass is 10.1. The molecule has 0 atom stereocenters. The van der Waals surface area contributed by atoms with Gasteiger partial charge in [0.1, 0.15) is 5.58 Å². The predicted octanol–water partition coefficient (Wildman–Crippen LogP) is 6.73. The van der Waals surface area contributed by atoms with E-state index in [1.807, 2.05) is 72.8 Å². The van der Waals surface area contributed by atoms with Gasteiger partial charge >= 0.3 is 0 Å². The Bertz CT molecular complexity index is 2220. The minimum absolute atomic E-state index is 0.240. The maximum atomic E-state index is 13.8. The molecule has 0 radical (unpaired) electrons. The van der Waals surface area contributed by atoms with Crippen molar-refractivity contribution in [3.63, 3.8) is 0 Å². The molecule has 4 heterocycles. The molecule has 8 heteroatoms. The van der Waals surface area contributed by atoms with Crippen LogP contribution in [0.4, 0.5) is 0 Å². The number of aromatic nitrogens is 3. The number of fused-ring (bicyclic) bond motifs is 4. The van der Waals surface area contributed by atoms with Gasteiger partial charge < -0.3 is 18.5 Å². The van der Waals surface area contributed by atoms with Gasteiger partial charge in [-0.2, -0.15) is 9.78 Å². The highest BCUT2D eigenvalue weighted by Crippen LogP contribution is 2.34. The van der Waals surface area contributed by atoms with E-state index in [0.717, 1.165) is 44.6 Å². The molecular formula is C34H24N4O4. The minimum atomic E-state index is -0.269. The van der Waals surface area contributed by atoms with Crippen molar-refractivity contribution in [1.82, 2.24) is 14.2 Å². The number of rotatable bonds is 5. The smallest absolute Gasteiger partial charge is 0.282 e. The Labute approximate surface area is 239 Å². The SMILES string of the molecule is Cc1c(C=Nn2c(-c3cc4ccccc4o3)nc3ccccc3c2=O)c2ccccc2n1Cc1ccc2c(c1)OCO2. The van der Waals surface area contributed by atoms with Gasteiger partial charge in [0, 0.05) is 34.1 Å². The summed E-state index contributed by atoms with van der Waals surface area (Å²) in [4.78, 5) is 18.6. The summed E-state index contributed by atoms with van der Waals surface area (Å²) in [5, 5.41) is 7.20. The van der Waals surface area contributed by atoms with E-state index in [4.69, 9.17) is 24.0 Å². The van der Waals surface area contributed by atoms with Crippen LogP contribution in [-0.2, 0) is 6.54 Å². The second kappa shape index (κ2) is 9.49. The van der Waals surface area contributed by atoms with Gasteiger partial charge in [-0.25, -0.2) is 4.98 Å². The summed E-state index contributed by atoms with van der Waals surface area (Å²) >= 11 is 0. The van der Waals surface area contributed by atoms with Crippen molar-refractivity contribution in [1.29, 1.82) is 0 Å². The zero-order chi connectivity index (χ0) is 28.2. The molecule has 0 amide bonds. The first-order valence-corrected chi connectivity index (χ1v) is 13.7. The summed E-state index contributed by atoms with van der Waals surface area (Å²) in [6, 6.07) is 31.1. The topological polar surface area (TPSA) is 83.8 Å². The van der Waals surface area contributed by atoms with E-state index in [0.29, 0.717) is 34.6 Å². The highest BCUT2D eigenvalue weighted by Gasteiger charge is 2.19. The molecule has 3 aromatic heterocycles. The maximum Gasteiger partial charge on any atom is 0.282 e. The standard InChI is InChI=1S/C34H24N4O4/c1-21-26(24-9-4-6-12-28(24)37(21)19-22-14-15-30-31(16-22)41-20-40-30)18-35-38-33(32-17-23-8-2-7-13-29(23)42-32)36-27-11-5-3-10-25(27)34(38)39/h2-18H,19-20H2,1H3. The number of para-hydroxylation sites is 3. The van der Waals surface area contributed by atoms with Crippen molar-refractivity contribution in [3.05, 3.63) is 124 Å². The monoisotopic (exact) mass is 552 g/mol. The van der Waals surface area contributed by atoms with Crippen molar-refractivity contribution in [3.8, 4) is 23.1 Å². The molecule has 0 spiro atoms. The zero-order valence-corrected chi connectivity index (χ0v) is 22.7. The average Bonchev–Trinajstić information content (AvgIpc) is 3.73. The maximum absolute atomic E-state index is 13.8. The second-order valence-electron chi connectivity index (χ2n) is 10.3. The van der Waals surface area contributed by atoms with Crippen LogP contribution in [-0.4, -0.2) is 27.2 Å². The lowest BCUT2D eigenvalue weighted by Crippen LogP contribution is -2.20. The third kappa shape index (κ3) is 3.88. The molecule has 0 saturated carbocycles. The molecule has 7 aromatic rings. The van der Waals surface area contributed by atoms with Crippen molar-refractivity contribution in [2.24, 2.45) is 5.10 Å². The van der Waals surface area contributed by atoms with Crippen LogP contribution >= 0.6 is 0 Å². The lowest BCUT2D eigenvalue weighted by molar-refractivity contribution is 0.174. The van der Waals surface area contributed by atoms with E-state index >= 15 is 0 Å². The van der Waals surface area contributed by atoms with E-state index in [-0.39, 0.29) is 12.4 Å². The Balaban J connectivity index is 1.27. The Kier molecular flexibility index (Phi) is 5.46. The zero-order valence-electron chi connectivity index (χ0n) is 22.7. The highest BCUT2D eigenvalue weighted by molar-refractivity contribution is 6.01. The molecule has 0 saturated heterocycles. The summed E-state index contributed by atoms with van der Waals surface area (Å²) < 4.78 is 20.8. The van der Waals surface area contributed by atoms with Crippen molar-refractivity contribution in [2.45, 2.75) is 13.5 Å². The van der Waals surface area contributed by atoms with Crippen LogP contribution in [0, 0.1) is 6.92 Å². The normalized spacial score (nSPS) is 12.8. The van der Waals surface area contributed by atoms with Crippen LogP contribution < -0.4 is 15.0 Å². The first kappa shape index (κ1) is 24.2. The molecule has 42 heavy (non-hydrogen) atoms. The van der Waals surface area contributed by atoms with Gasteiger partial charge in [-0.15, -0.1) is 0 Å². The van der Waals surface area contributed by atoms with Crippen molar-refractivity contribution >= 4 is 39.0 Å². The summed E-state index contributed by atoms with van der Waals surface area (Å²) in [7, 11) is 0. The second-order valence-corrected chi connectivity index (χ2v) is 10.3. The number of hydrogen-bond donors (Lipinski definition) is 0. The number of ether oxygens (including phenoxy) is 2. The third-order valence-electron chi connectivity index (χ3n) is 7.76. The first-order valence-electron chi connectivity index (χ1n) is 13.7. The van der Waals surface area contributed by atoms with Gasteiger partial charge in [0.25, 0.3) is 5.56 Å². The Morgan fingerprint density at radius 3 is 2.57 bits per heavy atom. The van der Waals surface area contributed by atoms with Gasteiger partial charge in [-0.05, 0) is 55.0 Å². The number of hydrogen-bond acceptors (Lipinski definition) is 6. The molecule has 8 rings (SSSR count). The van der Waals surface area contributed by atoms with E-state index in [1.165, 1.54) is 4.68 Å². The third-order valence-corrected chi connectivity index (χ3v) is 7.76. The van der Waals surface area contributed by atoms with Crippen LogP contribution in [0.1, 0.15) is 16.8 Å². The van der Waals surface area contributed by atoms with E-state index < -0.39 is 0 Å². The summed E-state index contributed by atoms with van der Waals surface area (Å²) in [5.41, 5.74) is 5.12. The van der Waals surface area contributed by atoms with Crippen molar-refractivity contribution < 1.29 is 13.9 Å². The van der Waals surface area contributed by atoms with Crippen molar-refractivity contribution in [2.75, 3.05) is 6.79 Å². The fourth-order valence-corrected chi connectivity index (χ4v) is 5.64. The molecule has 0 N–H and O–H groups in total. The lowest BCUT2D eigenvalue weighted by Gasteiger charge is -2.10. The molecule has 8 nitrogen and oxygen atoms in total. The average molecular weight is 553 g/mol. The minimum Gasteiger partial charge on any atom is -0.454 e. The number of benzene rings is 4. The molecule has 204 valence electrons. The molecule has 0 aliphatic carbocycles. The Morgan fingerprint density at radius 2 is 1.67 bits per heavy atom. The molecule has 1 aliphatic rings. The highest BCUT2D eigenvalue weighted by atomic mass is 16.7. The fourth-order valence-electron chi connectivity index (χ4n) is 5.64. The van der Waals surface area contributed by atoms with Crippen LogP contribution in [0.25, 0.3) is 44.4 Å². The van der Waals surface area contributed by atoms with E-state index in [9.17, 15) is 4.79 Å². The van der Waals surface area contributed by atoms with Gasteiger partial charge in [0.2, 0.25) is 12.6 Å². The molecule has 0 unspecified atom stereocenters. The summed E-state index contributed by atoms with van der Waals surface area (Å²) in [6.07, 6.45) is 1.75.